The van der Waals surface area contributed by atoms with E-state index in [9.17, 15) is 4.39 Å². The number of hydrogen-bond donors (Lipinski definition) is 1. The van der Waals surface area contributed by atoms with E-state index in [0.717, 1.165) is 14.8 Å². The molecule has 0 bridgehead atoms. The zero-order valence-corrected chi connectivity index (χ0v) is 13.3. The molecule has 0 radical (unpaired) electrons. The molecule has 0 spiro atoms. The predicted molar refractivity (Wildman–Crippen MR) is 82.9 cm³/mol. The molecular formula is C13H10BrFN2S2. The van der Waals surface area contributed by atoms with Gasteiger partial charge in [0.05, 0.1) is 21.4 Å². The quantitative estimate of drug-likeness (QED) is 0.639. The number of aromatic amines is 1. The van der Waals surface area contributed by atoms with Crippen LogP contribution < -0.4 is 0 Å². The molecule has 6 heteroatoms. The second-order valence-electron chi connectivity index (χ2n) is 4.34. The van der Waals surface area contributed by atoms with Crippen LogP contribution in [0, 0.1) is 17.5 Å². The van der Waals surface area contributed by atoms with Crippen molar-refractivity contribution in [2.45, 2.75) is 13.5 Å². The van der Waals surface area contributed by atoms with Crippen molar-refractivity contribution in [2.75, 3.05) is 0 Å². The monoisotopic (exact) mass is 356 g/mol. The number of thiophene rings is 1. The highest BCUT2D eigenvalue weighted by atomic mass is 79.9. The Balaban J connectivity index is 2.15. The molecular weight excluding hydrogens is 347 g/mol. The maximum absolute atomic E-state index is 13.6. The van der Waals surface area contributed by atoms with E-state index in [4.69, 9.17) is 12.2 Å². The number of fused-ring (bicyclic) bond motifs is 1. The number of hydrogen-bond acceptors (Lipinski definition) is 2. The molecule has 0 saturated carbocycles. The number of nitrogens with one attached hydrogen (secondary N) is 1. The fraction of sp³-hybridized carbons (Fsp3) is 0.154. The van der Waals surface area contributed by atoms with Crippen molar-refractivity contribution in [1.29, 1.82) is 0 Å². The summed E-state index contributed by atoms with van der Waals surface area (Å²) >= 11 is 10.4. The Morgan fingerprint density at radius 1 is 1.42 bits per heavy atom. The lowest BCUT2D eigenvalue weighted by molar-refractivity contribution is 0.620. The topological polar surface area (TPSA) is 20.7 Å². The van der Waals surface area contributed by atoms with Crippen LogP contribution in [0.15, 0.2) is 28.1 Å². The number of nitrogens with zero attached hydrogens (tertiary/aromatic N) is 1. The molecule has 0 aliphatic heterocycles. The van der Waals surface area contributed by atoms with E-state index in [0.29, 0.717) is 16.9 Å². The Kier molecular flexibility index (Phi) is 3.32. The van der Waals surface area contributed by atoms with Gasteiger partial charge in [0, 0.05) is 4.88 Å². The molecule has 0 amide bonds. The maximum atomic E-state index is 13.6. The van der Waals surface area contributed by atoms with E-state index in [-0.39, 0.29) is 5.82 Å². The number of H-pyrrole nitrogens is 1. The Hall–Kier alpha value is -0.980. The van der Waals surface area contributed by atoms with Gasteiger partial charge in [-0.1, -0.05) is 0 Å². The van der Waals surface area contributed by atoms with Gasteiger partial charge in [-0.2, -0.15) is 0 Å². The largest absolute Gasteiger partial charge is 0.330 e. The van der Waals surface area contributed by atoms with Crippen LogP contribution in [0.3, 0.4) is 0 Å². The highest BCUT2D eigenvalue weighted by Crippen LogP contribution is 2.25. The van der Waals surface area contributed by atoms with Gasteiger partial charge in [-0.3, -0.25) is 0 Å². The molecule has 3 aromatic rings. The second-order valence-corrected chi connectivity index (χ2v) is 7.27. The summed E-state index contributed by atoms with van der Waals surface area (Å²) in [5.41, 5.74) is 2.31. The van der Waals surface area contributed by atoms with Gasteiger partial charge in [-0.05, 0) is 64.9 Å². The zero-order chi connectivity index (χ0) is 13.6. The van der Waals surface area contributed by atoms with E-state index in [1.54, 1.807) is 18.3 Å². The van der Waals surface area contributed by atoms with Crippen LogP contribution in [0.2, 0.25) is 0 Å². The van der Waals surface area contributed by atoms with Crippen molar-refractivity contribution in [1.82, 2.24) is 9.55 Å². The summed E-state index contributed by atoms with van der Waals surface area (Å²) in [6.07, 6.45) is 0. The van der Waals surface area contributed by atoms with E-state index >= 15 is 0 Å². The third-order valence-corrected chi connectivity index (χ3v) is 4.93. The molecule has 1 aromatic carbocycles. The smallest absolute Gasteiger partial charge is 0.178 e. The van der Waals surface area contributed by atoms with Gasteiger partial charge >= 0.3 is 0 Å². The molecule has 0 unspecified atom stereocenters. The van der Waals surface area contributed by atoms with Crippen molar-refractivity contribution in [3.8, 4) is 0 Å². The lowest BCUT2D eigenvalue weighted by Crippen LogP contribution is -1.98. The first kappa shape index (κ1) is 13.0. The summed E-state index contributed by atoms with van der Waals surface area (Å²) in [5, 5.41) is 0. The molecule has 3 rings (SSSR count). The van der Waals surface area contributed by atoms with Crippen molar-refractivity contribution < 1.29 is 4.39 Å². The first-order valence-electron chi connectivity index (χ1n) is 5.67. The summed E-state index contributed by atoms with van der Waals surface area (Å²) in [6, 6.07) is 7.41. The number of halogens is 2. The predicted octanol–water partition coefficient (Wildman–Crippen LogP) is 5.02. The van der Waals surface area contributed by atoms with E-state index in [2.05, 4.69) is 27.0 Å². The fourth-order valence-corrected chi connectivity index (χ4v) is 3.78. The van der Waals surface area contributed by atoms with Gasteiger partial charge < -0.3 is 9.55 Å². The average molecular weight is 357 g/mol. The van der Waals surface area contributed by atoms with Gasteiger partial charge in [0.2, 0.25) is 0 Å². The van der Waals surface area contributed by atoms with Crippen molar-refractivity contribution in [3.63, 3.8) is 0 Å². The molecule has 2 heterocycles. The van der Waals surface area contributed by atoms with Crippen LogP contribution in [0.25, 0.3) is 11.0 Å². The molecule has 0 fully saturated rings. The Morgan fingerprint density at radius 2 is 2.21 bits per heavy atom. The summed E-state index contributed by atoms with van der Waals surface area (Å²) in [6.45, 7) is 2.46. The minimum atomic E-state index is -0.213. The molecule has 0 aliphatic rings. The van der Waals surface area contributed by atoms with Crippen molar-refractivity contribution in [2.24, 2.45) is 0 Å². The molecule has 2 aromatic heterocycles. The molecule has 1 N–H and O–H groups in total. The zero-order valence-electron chi connectivity index (χ0n) is 10.0. The van der Waals surface area contributed by atoms with Crippen LogP contribution >= 0.6 is 39.5 Å². The normalized spacial score (nSPS) is 11.3. The number of benzene rings is 1. The molecule has 19 heavy (non-hydrogen) atoms. The van der Waals surface area contributed by atoms with Crippen LogP contribution in [0.4, 0.5) is 4.39 Å². The van der Waals surface area contributed by atoms with Crippen molar-refractivity contribution >= 4 is 50.5 Å². The van der Waals surface area contributed by atoms with Gasteiger partial charge in [0.1, 0.15) is 5.82 Å². The Morgan fingerprint density at radius 3 is 2.89 bits per heavy atom. The summed E-state index contributed by atoms with van der Waals surface area (Å²) in [4.78, 5) is 4.25. The third-order valence-electron chi connectivity index (χ3n) is 3.00. The first-order valence-corrected chi connectivity index (χ1v) is 7.69. The van der Waals surface area contributed by atoms with Crippen LogP contribution in [0.1, 0.15) is 10.4 Å². The number of aromatic nitrogens is 2. The molecule has 0 aliphatic carbocycles. The molecule has 98 valence electrons. The van der Waals surface area contributed by atoms with E-state index in [1.807, 2.05) is 16.7 Å². The first-order chi connectivity index (χ1) is 9.04. The lowest BCUT2D eigenvalue weighted by atomic mass is 10.2. The minimum Gasteiger partial charge on any atom is -0.330 e. The molecule has 0 saturated heterocycles. The highest BCUT2D eigenvalue weighted by molar-refractivity contribution is 9.11. The fourth-order valence-electron chi connectivity index (χ4n) is 2.03. The highest BCUT2D eigenvalue weighted by Gasteiger charge is 2.09. The third kappa shape index (κ3) is 2.40. The lowest BCUT2D eigenvalue weighted by Gasteiger charge is -2.03. The average Bonchev–Trinajstić information content (AvgIpc) is 2.87. The van der Waals surface area contributed by atoms with Gasteiger partial charge in [0.15, 0.2) is 4.77 Å². The van der Waals surface area contributed by atoms with Gasteiger partial charge in [0.25, 0.3) is 0 Å². The molecule has 0 atom stereocenters. The second kappa shape index (κ2) is 4.85. The number of aryl methyl sites for hydroxylation is 1. The standard InChI is InChI=1S/C13H10BrFN2S2/c1-7-4-11-10(5-9(7)15)16-13(18)17(11)6-8-2-3-12(14)19-8/h2-5H,6H2,1H3,(H,16,18). The Labute approximate surface area is 127 Å². The maximum Gasteiger partial charge on any atom is 0.178 e. The van der Waals surface area contributed by atoms with E-state index < -0.39 is 0 Å². The Bertz CT molecular complexity index is 816. The number of imidazole rings is 1. The van der Waals surface area contributed by atoms with E-state index in [1.165, 1.54) is 10.9 Å². The summed E-state index contributed by atoms with van der Waals surface area (Å²) in [7, 11) is 0. The SMILES string of the molecule is Cc1cc2c(cc1F)[nH]c(=S)n2Cc1ccc(Br)s1. The summed E-state index contributed by atoms with van der Waals surface area (Å²) < 4.78 is 17.3. The van der Waals surface area contributed by atoms with Crippen molar-refractivity contribution in [3.05, 3.63) is 49.1 Å². The van der Waals surface area contributed by atoms with Crippen LogP contribution in [0.5, 0.6) is 0 Å². The minimum absolute atomic E-state index is 0.213. The van der Waals surface area contributed by atoms with Gasteiger partial charge in [-0.25, -0.2) is 4.39 Å². The molecule has 2 nitrogen and oxygen atoms in total. The van der Waals surface area contributed by atoms with Crippen LogP contribution in [-0.2, 0) is 6.54 Å². The van der Waals surface area contributed by atoms with Crippen LogP contribution in [-0.4, -0.2) is 9.55 Å². The number of rotatable bonds is 2. The summed E-state index contributed by atoms with van der Waals surface area (Å²) in [5.74, 6) is -0.213. The van der Waals surface area contributed by atoms with Gasteiger partial charge in [-0.15, -0.1) is 11.3 Å².